The quantitative estimate of drug-likeness (QED) is 0.322. The van der Waals surface area contributed by atoms with Gasteiger partial charge in [0.2, 0.25) is 0 Å². The van der Waals surface area contributed by atoms with Crippen molar-refractivity contribution in [2.75, 3.05) is 12.4 Å². The first-order valence-electron chi connectivity index (χ1n) is 10.7. The Bertz CT molecular complexity index is 1440. The Hall–Kier alpha value is -4.10. The van der Waals surface area contributed by atoms with Crippen LogP contribution in [0, 0.1) is 19.7 Å². The van der Waals surface area contributed by atoms with Crippen LogP contribution in [0.2, 0.25) is 5.02 Å². The van der Waals surface area contributed by atoms with Gasteiger partial charge in [0.25, 0.3) is 5.91 Å². The van der Waals surface area contributed by atoms with Gasteiger partial charge in [-0.25, -0.2) is 4.39 Å². The Balaban J connectivity index is 1.74. The fourth-order valence-corrected chi connectivity index (χ4v) is 4.04. The summed E-state index contributed by atoms with van der Waals surface area (Å²) in [6, 6.07) is 13.4. The SMILES string of the molecule is COc1cc(-c2nccc(-c3cccc(NC(=O)c4ccc(C)cn4)c3C)c2Cl)cc(F)c1C=O. The van der Waals surface area contributed by atoms with Gasteiger partial charge in [-0.15, -0.1) is 0 Å². The predicted molar refractivity (Wildman–Crippen MR) is 134 cm³/mol. The van der Waals surface area contributed by atoms with Crippen LogP contribution >= 0.6 is 11.6 Å². The molecular weight excluding hydrogens is 469 g/mol. The van der Waals surface area contributed by atoms with Gasteiger partial charge in [-0.3, -0.25) is 19.6 Å². The monoisotopic (exact) mass is 489 g/mol. The first-order valence-corrected chi connectivity index (χ1v) is 11.0. The number of nitrogens with one attached hydrogen (secondary N) is 1. The molecule has 2 aromatic heterocycles. The second-order valence-corrected chi connectivity index (χ2v) is 8.24. The average molecular weight is 490 g/mol. The van der Waals surface area contributed by atoms with Crippen molar-refractivity contribution in [2.45, 2.75) is 13.8 Å². The van der Waals surface area contributed by atoms with Crippen molar-refractivity contribution < 1.29 is 18.7 Å². The van der Waals surface area contributed by atoms with Gasteiger partial charge in [-0.2, -0.15) is 0 Å². The molecule has 0 unspecified atom stereocenters. The molecule has 1 N–H and O–H groups in total. The zero-order valence-electron chi connectivity index (χ0n) is 19.2. The van der Waals surface area contributed by atoms with Gasteiger partial charge >= 0.3 is 0 Å². The third kappa shape index (κ3) is 4.76. The van der Waals surface area contributed by atoms with E-state index < -0.39 is 5.82 Å². The van der Waals surface area contributed by atoms with E-state index in [9.17, 15) is 14.0 Å². The highest BCUT2D eigenvalue weighted by Crippen LogP contribution is 2.39. The van der Waals surface area contributed by atoms with Crippen molar-refractivity contribution in [1.29, 1.82) is 0 Å². The van der Waals surface area contributed by atoms with Crippen molar-refractivity contribution in [3.05, 3.63) is 94.1 Å². The minimum atomic E-state index is -0.733. The molecular formula is C27H21ClFN3O3. The van der Waals surface area contributed by atoms with Crippen LogP contribution in [0.5, 0.6) is 5.75 Å². The predicted octanol–water partition coefficient (Wildman–Crippen LogP) is 6.29. The van der Waals surface area contributed by atoms with E-state index in [1.165, 1.54) is 19.2 Å². The average Bonchev–Trinajstić information content (AvgIpc) is 2.85. The molecule has 0 atom stereocenters. The minimum absolute atomic E-state index is 0.0869. The zero-order chi connectivity index (χ0) is 25.1. The van der Waals surface area contributed by atoms with Crippen LogP contribution < -0.4 is 10.1 Å². The number of aromatic nitrogens is 2. The highest BCUT2D eigenvalue weighted by atomic mass is 35.5. The number of nitrogens with zero attached hydrogens (tertiary/aromatic N) is 2. The number of ether oxygens (including phenoxy) is 1. The Labute approximate surface area is 206 Å². The molecule has 6 nitrogen and oxygen atoms in total. The smallest absolute Gasteiger partial charge is 0.274 e. The van der Waals surface area contributed by atoms with Crippen molar-refractivity contribution in [3.8, 4) is 28.1 Å². The van der Waals surface area contributed by atoms with Crippen LogP contribution in [-0.4, -0.2) is 29.3 Å². The summed E-state index contributed by atoms with van der Waals surface area (Å²) in [5.41, 5.74) is 4.59. The molecule has 2 aromatic carbocycles. The molecule has 0 fully saturated rings. The lowest BCUT2D eigenvalue weighted by molar-refractivity contribution is 0.102. The van der Waals surface area contributed by atoms with Crippen LogP contribution in [0.4, 0.5) is 10.1 Å². The summed E-state index contributed by atoms with van der Waals surface area (Å²) >= 11 is 6.75. The fraction of sp³-hybridized carbons (Fsp3) is 0.111. The maximum Gasteiger partial charge on any atom is 0.274 e. The number of methoxy groups -OCH3 is 1. The Kier molecular flexibility index (Phi) is 6.89. The molecule has 4 aromatic rings. The Morgan fingerprint density at radius 1 is 1.09 bits per heavy atom. The normalized spacial score (nSPS) is 10.7. The molecule has 0 radical (unpaired) electrons. The molecule has 1 amide bonds. The molecule has 0 bridgehead atoms. The summed E-state index contributed by atoms with van der Waals surface area (Å²) in [7, 11) is 1.35. The van der Waals surface area contributed by atoms with Crippen molar-refractivity contribution in [3.63, 3.8) is 0 Å². The highest BCUT2D eigenvalue weighted by molar-refractivity contribution is 6.35. The Morgan fingerprint density at radius 3 is 2.57 bits per heavy atom. The molecule has 0 saturated carbocycles. The van der Waals surface area contributed by atoms with E-state index in [-0.39, 0.29) is 17.2 Å². The van der Waals surface area contributed by atoms with Gasteiger partial charge in [0, 0.05) is 29.2 Å². The first-order chi connectivity index (χ1) is 16.8. The second kappa shape index (κ2) is 10.0. The van der Waals surface area contributed by atoms with Crippen LogP contribution in [0.3, 0.4) is 0 Å². The number of pyridine rings is 2. The van der Waals surface area contributed by atoms with Crippen LogP contribution in [0.15, 0.2) is 60.9 Å². The molecule has 0 aliphatic heterocycles. The van der Waals surface area contributed by atoms with Gasteiger partial charge in [0.05, 0.1) is 23.4 Å². The number of amides is 1. The summed E-state index contributed by atoms with van der Waals surface area (Å²) in [4.78, 5) is 32.4. The molecule has 0 aliphatic carbocycles. The number of aldehydes is 1. The molecule has 0 saturated heterocycles. The van der Waals surface area contributed by atoms with E-state index in [1.807, 2.05) is 26.0 Å². The third-order valence-electron chi connectivity index (χ3n) is 5.61. The second-order valence-electron chi connectivity index (χ2n) is 7.87. The number of benzene rings is 2. The van der Waals surface area contributed by atoms with Gasteiger partial charge in [0.15, 0.2) is 6.29 Å². The topological polar surface area (TPSA) is 81.2 Å². The molecule has 8 heteroatoms. The maximum atomic E-state index is 14.5. The van der Waals surface area contributed by atoms with Gasteiger partial charge in [-0.05, 0) is 60.9 Å². The van der Waals surface area contributed by atoms with Crippen molar-refractivity contribution in [2.24, 2.45) is 0 Å². The lowest BCUT2D eigenvalue weighted by atomic mass is 9.97. The number of carbonyl (C=O) groups excluding carboxylic acids is 2. The number of hydrogen-bond donors (Lipinski definition) is 1. The standard InChI is InChI=1S/C27H21ClFN3O3/c1-15-7-8-23(31-13-15)27(34)32-22-6-4-5-18(16(22)2)19-9-10-30-26(25(19)28)17-11-21(29)20(14-33)24(12-17)35-3/h4-14H,1-3H3,(H,32,34). The summed E-state index contributed by atoms with van der Waals surface area (Å²) in [5, 5.41) is 3.19. The van der Waals surface area contributed by atoms with Crippen molar-refractivity contribution >= 4 is 29.5 Å². The lowest BCUT2D eigenvalue weighted by Gasteiger charge is -2.15. The van der Waals surface area contributed by atoms with E-state index in [1.54, 1.807) is 36.7 Å². The van der Waals surface area contributed by atoms with E-state index in [2.05, 4.69) is 15.3 Å². The molecule has 2 heterocycles. The number of anilines is 1. The Morgan fingerprint density at radius 2 is 1.89 bits per heavy atom. The number of carbonyl (C=O) groups is 2. The van der Waals surface area contributed by atoms with Crippen molar-refractivity contribution in [1.82, 2.24) is 9.97 Å². The fourth-order valence-electron chi connectivity index (χ4n) is 3.72. The number of rotatable bonds is 6. The molecule has 0 spiro atoms. The summed E-state index contributed by atoms with van der Waals surface area (Å²) in [6.45, 7) is 3.77. The van der Waals surface area contributed by atoms with Crippen LogP contribution in [0.1, 0.15) is 32.0 Å². The minimum Gasteiger partial charge on any atom is -0.496 e. The summed E-state index contributed by atoms with van der Waals surface area (Å²) in [6.07, 6.45) is 3.60. The molecule has 35 heavy (non-hydrogen) atoms. The zero-order valence-corrected chi connectivity index (χ0v) is 20.0. The van der Waals surface area contributed by atoms with Gasteiger partial charge in [0.1, 0.15) is 17.3 Å². The van der Waals surface area contributed by atoms with E-state index >= 15 is 0 Å². The van der Waals surface area contributed by atoms with E-state index in [4.69, 9.17) is 16.3 Å². The third-order valence-corrected chi connectivity index (χ3v) is 5.99. The van der Waals surface area contributed by atoms with E-state index in [0.29, 0.717) is 39.5 Å². The molecule has 176 valence electrons. The largest absolute Gasteiger partial charge is 0.496 e. The summed E-state index contributed by atoms with van der Waals surface area (Å²) < 4.78 is 19.7. The van der Waals surface area contributed by atoms with Gasteiger partial charge in [-0.1, -0.05) is 29.8 Å². The van der Waals surface area contributed by atoms with Crippen LogP contribution in [0.25, 0.3) is 22.4 Å². The lowest BCUT2D eigenvalue weighted by Crippen LogP contribution is -2.14. The van der Waals surface area contributed by atoms with Gasteiger partial charge < -0.3 is 10.1 Å². The number of halogens is 2. The molecule has 0 aliphatic rings. The highest BCUT2D eigenvalue weighted by Gasteiger charge is 2.19. The van der Waals surface area contributed by atoms with Crippen LogP contribution in [-0.2, 0) is 0 Å². The maximum absolute atomic E-state index is 14.5. The molecule has 4 rings (SSSR count). The number of hydrogen-bond acceptors (Lipinski definition) is 5. The first kappa shape index (κ1) is 24.0. The summed E-state index contributed by atoms with van der Waals surface area (Å²) in [5.74, 6) is -0.975. The van der Waals surface area contributed by atoms with E-state index in [0.717, 1.165) is 16.7 Å². The number of aryl methyl sites for hydroxylation is 1.